The molecule has 21 heavy (non-hydrogen) atoms. The smallest absolute Gasteiger partial charge is 0.408 e. The Bertz CT molecular complexity index is 465. The Balaban J connectivity index is 0.00000220. The van der Waals surface area contributed by atoms with Gasteiger partial charge in [-0.1, -0.05) is 17.7 Å². The van der Waals surface area contributed by atoms with Gasteiger partial charge < -0.3 is 10.1 Å². The minimum absolute atomic E-state index is 0. The fraction of sp³-hybridized carbons (Fsp3) is 0.538. The number of rotatable bonds is 3. The van der Waals surface area contributed by atoms with Gasteiger partial charge in [-0.3, -0.25) is 4.90 Å². The third-order valence-corrected chi connectivity index (χ3v) is 3.63. The first-order valence-electron chi connectivity index (χ1n) is 6.28. The summed E-state index contributed by atoms with van der Waals surface area (Å²) in [5.74, 6) is 0.258. The summed E-state index contributed by atoms with van der Waals surface area (Å²) in [5.41, 5.74) is 0.153. The lowest BCUT2D eigenvalue weighted by Gasteiger charge is -2.36. The van der Waals surface area contributed by atoms with Crippen LogP contribution >= 0.6 is 24.0 Å². The van der Waals surface area contributed by atoms with Gasteiger partial charge >= 0.3 is 6.18 Å². The molecule has 0 saturated carbocycles. The first-order chi connectivity index (χ1) is 9.43. The summed E-state index contributed by atoms with van der Waals surface area (Å²) in [6.45, 7) is 1.82. The second kappa shape index (κ2) is 7.54. The zero-order valence-corrected chi connectivity index (χ0v) is 13.0. The van der Waals surface area contributed by atoms with Gasteiger partial charge in [-0.15, -0.1) is 12.4 Å². The van der Waals surface area contributed by atoms with Crippen molar-refractivity contribution in [3.05, 3.63) is 28.8 Å². The summed E-state index contributed by atoms with van der Waals surface area (Å²) in [6, 6.07) is 2.58. The number of methoxy groups -OCH3 is 1. The highest BCUT2D eigenvalue weighted by atomic mass is 35.5. The molecular formula is C13H17Cl2F3N2O. The van der Waals surface area contributed by atoms with E-state index in [-0.39, 0.29) is 23.7 Å². The van der Waals surface area contributed by atoms with E-state index >= 15 is 0 Å². The molecule has 0 bridgehead atoms. The number of ether oxygens (including phenoxy) is 1. The molecule has 1 N–H and O–H groups in total. The van der Waals surface area contributed by atoms with E-state index in [1.165, 1.54) is 30.2 Å². The van der Waals surface area contributed by atoms with Crippen LogP contribution in [0.25, 0.3) is 0 Å². The van der Waals surface area contributed by atoms with Crippen LogP contribution in [0.4, 0.5) is 13.2 Å². The maximum Gasteiger partial charge on any atom is 0.408 e. The predicted molar refractivity (Wildman–Crippen MR) is 78.5 cm³/mol. The van der Waals surface area contributed by atoms with Gasteiger partial charge in [0.25, 0.3) is 0 Å². The van der Waals surface area contributed by atoms with Gasteiger partial charge in [-0.2, -0.15) is 13.2 Å². The van der Waals surface area contributed by atoms with Crippen molar-refractivity contribution in [3.63, 3.8) is 0 Å². The normalized spacial score (nSPS) is 18.0. The standard InChI is InChI=1S/C13H16ClF3N2O.ClH/c1-20-11-8-9(2-3-10(11)14)12(13(15,16)17)19-6-4-18-5-7-19;/h2-3,8,12,18H,4-7H2,1H3;1H/t12-;/m1./s1. The summed E-state index contributed by atoms with van der Waals surface area (Å²) >= 11 is 5.87. The molecule has 0 unspecified atom stereocenters. The second-order valence-electron chi connectivity index (χ2n) is 4.62. The highest BCUT2D eigenvalue weighted by molar-refractivity contribution is 6.32. The number of hydrogen-bond donors (Lipinski definition) is 1. The minimum atomic E-state index is -4.34. The number of piperazine rings is 1. The first-order valence-corrected chi connectivity index (χ1v) is 6.66. The molecule has 1 aromatic carbocycles. The monoisotopic (exact) mass is 344 g/mol. The van der Waals surface area contributed by atoms with Crippen LogP contribution in [0.5, 0.6) is 5.75 Å². The summed E-state index contributed by atoms with van der Waals surface area (Å²) in [5, 5.41) is 3.35. The highest BCUT2D eigenvalue weighted by Gasteiger charge is 2.45. The molecule has 1 atom stereocenters. The highest BCUT2D eigenvalue weighted by Crippen LogP contribution is 2.40. The molecule has 8 heteroatoms. The molecule has 1 saturated heterocycles. The molecular weight excluding hydrogens is 328 g/mol. The lowest BCUT2D eigenvalue weighted by Crippen LogP contribution is -2.49. The van der Waals surface area contributed by atoms with Crippen LogP contribution in [0.15, 0.2) is 18.2 Å². The Kier molecular flexibility index (Phi) is 6.59. The van der Waals surface area contributed by atoms with Gasteiger partial charge in [0.05, 0.1) is 12.1 Å². The summed E-state index contributed by atoms with van der Waals surface area (Å²) in [7, 11) is 1.39. The number of halogens is 5. The minimum Gasteiger partial charge on any atom is -0.495 e. The molecule has 1 aliphatic rings. The Labute approximate surface area is 132 Å². The molecule has 1 fully saturated rings. The lowest BCUT2D eigenvalue weighted by molar-refractivity contribution is -0.187. The second-order valence-corrected chi connectivity index (χ2v) is 5.03. The molecule has 0 spiro atoms. The Hall–Kier alpha value is -0.690. The fourth-order valence-corrected chi connectivity index (χ4v) is 2.59. The van der Waals surface area contributed by atoms with E-state index in [1.54, 1.807) is 0 Å². The molecule has 0 aliphatic carbocycles. The number of nitrogens with zero attached hydrogens (tertiary/aromatic N) is 1. The van der Waals surface area contributed by atoms with Crippen LogP contribution in [-0.2, 0) is 0 Å². The van der Waals surface area contributed by atoms with E-state index in [9.17, 15) is 13.2 Å². The third-order valence-electron chi connectivity index (χ3n) is 3.32. The number of hydrogen-bond acceptors (Lipinski definition) is 3. The van der Waals surface area contributed by atoms with Gasteiger partial charge in [0, 0.05) is 26.2 Å². The van der Waals surface area contributed by atoms with Gasteiger partial charge in [0.1, 0.15) is 11.8 Å². The molecule has 0 aromatic heterocycles. The van der Waals surface area contributed by atoms with E-state index in [2.05, 4.69) is 5.32 Å². The maximum atomic E-state index is 13.4. The molecule has 0 amide bonds. The van der Waals surface area contributed by atoms with Crippen molar-refractivity contribution in [2.45, 2.75) is 12.2 Å². The SMILES string of the molecule is COc1cc([C@@H](N2CCNCC2)C(F)(F)F)ccc1Cl.Cl. The zero-order valence-electron chi connectivity index (χ0n) is 11.4. The molecule has 1 aromatic rings. The van der Waals surface area contributed by atoms with Gasteiger partial charge in [-0.05, 0) is 17.7 Å². The van der Waals surface area contributed by atoms with Crippen molar-refractivity contribution in [2.24, 2.45) is 0 Å². The molecule has 1 heterocycles. The van der Waals surface area contributed by atoms with Gasteiger partial charge in [0.15, 0.2) is 0 Å². The Morgan fingerprint density at radius 2 is 1.90 bits per heavy atom. The fourth-order valence-electron chi connectivity index (χ4n) is 2.39. The average molecular weight is 345 g/mol. The number of benzene rings is 1. The Morgan fingerprint density at radius 3 is 2.43 bits per heavy atom. The quantitative estimate of drug-likeness (QED) is 0.910. The van der Waals surface area contributed by atoms with E-state index in [1.807, 2.05) is 0 Å². The zero-order chi connectivity index (χ0) is 14.8. The van der Waals surface area contributed by atoms with Crippen LogP contribution in [0.1, 0.15) is 11.6 Å². The van der Waals surface area contributed by atoms with Crippen LogP contribution < -0.4 is 10.1 Å². The van der Waals surface area contributed by atoms with E-state index in [0.717, 1.165) is 0 Å². The maximum absolute atomic E-state index is 13.4. The average Bonchev–Trinajstić information content (AvgIpc) is 2.40. The molecule has 120 valence electrons. The van der Waals surface area contributed by atoms with E-state index in [0.29, 0.717) is 31.2 Å². The molecule has 0 radical (unpaired) electrons. The largest absolute Gasteiger partial charge is 0.495 e. The van der Waals surface area contributed by atoms with Gasteiger partial charge in [-0.25, -0.2) is 0 Å². The molecule has 1 aliphatic heterocycles. The molecule has 3 nitrogen and oxygen atoms in total. The van der Waals surface area contributed by atoms with E-state index < -0.39 is 12.2 Å². The first kappa shape index (κ1) is 18.4. The van der Waals surface area contributed by atoms with Crippen LogP contribution in [-0.4, -0.2) is 44.4 Å². The van der Waals surface area contributed by atoms with Crippen molar-refractivity contribution in [1.29, 1.82) is 0 Å². The van der Waals surface area contributed by atoms with Crippen molar-refractivity contribution in [1.82, 2.24) is 10.2 Å². The molecule has 2 rings (SSSR count). The van der Waals surface area contributed by atoms with Crippen LogP contribution in [0.2, 0.25) is 5.02 Å². The van der Waals surface area contributed by atoms with E-state index in [4.69, 9.17) is 16.3 Å². The van der Waals surface area contributed by atoms with Crippen LogP contribution in [0.3, 0.4) is 0 Å². The summed E-state index contributed by atoms with van der Waals surface area (Å²) < 4.78 is 45.2. The van der Waals surface area contributed by atoms with Crippen LogP contribution in [0, 0.1) is 0 Å². The van der Waals surface area contributed by atoms with Crippen molar-refractivity contribution < 1.29 is 17.9 Å². The van der Waals surface area contributed by atoms with Gasteiger partial charge in [0.2, 0.25) is 0 Å². The summed E-state index contributed by atoms with van der Waals surface area (Å²) in [6.07, 6.45) is -4.34. The third kappa shape index (κ3) is 4.39. The number of nitrogens with one attached hydrogen (secondary N) is 1. The van der Waals surface area contributed by atoms with Crippen molar-refractivity contribution in [3.8, 4) is 5.75 Å². The van der Waals surface area contributed by atoms with Crippen molar-refractivity contribution >= 4 is 24.0 Å². The Morgan fingerprint density at radius 1 is 1.29 bits per heavy atom. The number of alkyl halides is 3. The predicted octanol–water partition coefficient (Wildman–Crippen LogP) is 3.28. The summed E-state index contributed by atoms with van der Waals surface area (Å²) in [4.78, 5) is 1.43. The van der Waals surface area contributed by atoms with Crippen molar-refractivity contribution in [2.75, 3.05) is 33.3 Å². The lowest BCUT2D eigenvalue weighted by atomic mass is 10.0. The topological polar surface area (TPSA) is 24.5 Å².